The van der Waals surface area contributed by atoms with Crippen molar-refractivity contribution >= 4 is 17.7 Å². The lowest BCUT2D eigenvalue weighted by Gasteiger charge is -1.96. The standard InChI is InChI=1S/C13H10N2O3/c16-13(14-8-1-2-9-14)7-6-11-4-3-5-12(10-11)15(17)18/h1-10H/b7-6+. The summed E-state index contributed by atoms with van der Waals surface area (Å²) in [6.07, 6.45) is 6.20. The molecule has 5 heteroatoms. The molecule has 0 saturated carbocycles. The highest BCUT2D eigenvalue weighted by Crippen LogP contribution is 2.14. The number of rotatable bonds is 3. The third-order valence-corrected chi connectivity index (χ3v) is 2.36. The van der Waals surface area contributed by atoms with E-state index in [0.717, 1.165) is 0 Å². The van der Waals surface area contributed by atoms with Crippen LogP contribution < -0.4 is 0 Å². The summed E-state index contributed by atoms with van der Waals surface area (Å²) in [6, 6.07) is 9.60. The zero-order valence-electron chi connectivity index (χ0n) is 9.39. The van der Waals surface area contributed by atoms with Crippen LogP contribution in [0.25, 0.3) is 6.08 Å². The van der Waals surface area contributed by atoms with Gasteiger partial charge in [0.25, 0.3) is 11.6 Å². The van der Waals surface area contributed by atoms with Crippen LogP contribution in [0.1, 0.15) is 10.4 Å². The van der Waals surface area contributed by atoms with E-state index in [1.165, 1.54) is 22.8 Å². The maximum Gasteiger partial charge on any atom is 0.270 e. The van der Waals surface area contributed by atoms with Crippen molar-refractivity contribution in [2.24, 2.45) is 0 Å². The van der Waals surface area contributed by atoms with E-state index in [1.54, 1.807) is 42.7 Å². The molecule has 0 bridgehead atoms. The molecule has 0 aliphatic rings. The van der Waals surface area contributed by atoms with Gasteiger partial charge in [-0.3, -0.25) is 19.5 Å². The topological polar surface area (TPSA) is 65.1 Å². The largest absolute Gasteiger partial charge is 0.291 e. The zero-order chi connectivity index (χ0) is 13.0. The smallest absolute Gasteiger partial charge is 0.270 e. The van der Waals surface area contributed by atoms with E-state index in [2.05, 4.69) is 0 Å². The maximum absolute atomic E-state index is 11.6. The first-order valence-corrected chi connectivity index (χ1v) is 5.26. The first-order chi connectivity index (χ1) is 8.66. The summed E-state index contributed by atoms with van der Waals surface area (Å²) < 4.78 is 1.42. The second-order valence-electron chi connectivity index (χ2n) is 3.61. The molecule has 5 nitrogen and oxygen atoms in total. The lowest BCUT2D eigenvalue weighted by molar-refractivity contribution is -0.384. The van der Waals surface area contributed by atoms with Gasteiger partial charge in [-0.25, -0.2) is 0 Å². The predicted octanol–water partition coefficient (Wildman–Crippen LogP) is 2.75. The van der Waals surface area contributed by atoms with Crippen LogP contribution >= 0.6 is 0 Å². The average Bonchev–Trinajstić information content (AvgIpc) is 2.90. The van der Waals surface area contributed by atoms with Gasteiger partial charge in [0.2, 0.25) is 0 Å². The second-order valence-corrected chi connectivity index (χ2v) is 3.61. The van der Waals surface area contributed by atoms with E-state index in [4.69, 9.17) is 0 Å². The Bertz CT molecular complexity index is 600. The van der Waals surface area contributed by atoms with Crippen LogP contribution in [0, 0.1) is 10.1 Å². The first-order valence-electron chi connectivity index (χ1n) is 5.26. The summed E-state index contributed by atoms with van der Waals surface area (Å²) in [4.78, 5) is 21.8. The molecule has 0 fully saturated rings. The summed E-state index contributed by atoms with van der Waals surface area (Å²) >= 11 is 0. The Kier molecular flexibility index (Phi) is 3.33. The van der Waals surface area contributed by atoms with Gasteiger partial charge in [0, 0.05) is 30.6 Å². The molecule has 0 unspecified atom stereocenters. The molecule has 0 amide bonds. The first kappa shape index (κ1) is 11.8. The summed E-state index contributed by atoms with van der Waals surface area (Å²) in [6.45, 7) is 0. The molecule has 2 rings (SSSR count). The Morgan fingerprint density at radius 2 is 1.94 bits per heavy atom. The number of hydrogen-bond donors (Lipinski definition) is 0. The van der Waals surface area contributed by atoms with Gasteiger partial charge in [-0.2, -0.15) is 0 Å². The van der Waals surface area contributed by atoms with E-state index in [9.17, 15) is 14.9 Å². The van der Waals surface area contributed by atoms with Gasteiger partial charge in [0.15, 0.2) is 0 Å². The third-order valence-electron chi connectivity index (χ3n) is 2.36. The van der Waals surface area contributed by atoms with Crippen LogP contribution in [-0.4, -0.2) is 15.4 Å². The number of nitro groups is 1. The van der Waals surface area contributed by atoms with Crippen molar-refractivity contribution in [1.82, 2.24) is 4.57 Å². The molecule has 0 spiro atoms. The Morgan fingerprint density at radius 3 is 2.61 bits per heavy atom. The molecule has 18 heavy (non-hydrogen) atoms. The monoisotopic (exact) mass is 242 g/mol. The normalized spacial score (nSPS) is 10.7. The van der Waals surface area contributed by atoms with Crippen LogP contribution in [0.5, 0.6) is 0 Å². The fourth-order valence-electron chi connectivity index (χ4n) is 1.48. The van der Waals surface area contributed by atoms with E-state index in [-0.39, 0.29) is 11.6 Å². The van der Waals surface area contributed by atoms with Gasteiger partial charge in [-0.1, -0.05) is 12.1 Å². The minimum absolute atomic E-state index is 0.00515. The highest BCUT2D eigenvalue weighted by atomic mass is 16.6. The molecule has 0 aliphatic carbocycles. The van der Waals surface area contributed by atoms with Crippen LogP contribution in [0.4, 0.5) is 5.69 Å². The van der Waals surface area contributed by atoms with E-state index in [0.29, 0.717) is 5.56 Å². The highest BCUT2D eigenvalue weighted by molar-refractivity contribution is 5.93. The maximum atomic E-state index is 11.6. The summed E-state index contributed by atoms with van der Waals surface area (Å²) in [5, 5.41) is 10.6. The van der Waals surface area contributed by atoms with Crippen LogP contribution in [-0.2, 0) is 0 Å². The number of benzene rings is 1. The number of allylic oxidation sites excluding steroid dienone is 1. The second kappa shape index (κ2) is 5.09. The molecule has 1 aromatic carbocycles. The van der Waals surface area contributed by atoms with Crippen molar-refractivity contribution in [2.75, 3.05) is 0 Å². The average molecular weight is 242 g/mol. The Hall–Kier alpha value is -2.69. The van der Waals surface area contributed by atoms with Crippen molar-refractivity contribution in [1.29, 1.82) is 0 Å². The molecule has 0 N–H and O–H groups in total. The fourth-order valence-corrected chi connectivity index (χ4v) is 1.48. The number of carbonyl (C=O) groups is 1. The van der Waals surface area contributed by atoms with Crippen molar-refractivity contribution in [3.8, 4) is 0 Å². The summed E-state index contributed by atoms with van der Waals surface area (Å²) in [5.41, 5.74) is 0.621. The molecule has 90 valence electrons. The van der Waals surface area contributed by atoms with Gasteiger partial charge in [0.1, 0.15) is 0 Å². The van der Waals surface area contributed by atoms with Gasteiger partial charge < -0.3 is 0 Å². The molecule has 0 saturated heterocycles. The fraction of sp³-hybridized carbons (Fsp3) is 0. The Balaban J connectivity index is 2.16. The SMILES string of the molecule is O=C(/C=C/c1cccc([N+](=O)[O-])c1)n1cccc1. The van der Waals surface area contributed by atoms with Gasteiger partial charge >= 0.3 is 0 Å². The van der Waals surface area contributed by atoms with Gasteiger partial charge in [-0.15, -0.1) is 0 Å². The van der Waals surface area contributed by atoms with Crippen molar-refractivity contribution in [2.45, 2.75) is 0 Å². The van der Waals surface area contributed by atoms with Gasteiger partial charge in [0.05, 0.1) is 4.92 Å². The zero-order valence-corrected chi connectivity index (χ0v) is 9.39. The number of non-ortho nitro benzene ring substituents is 1. The number of nitrogens with zero attached hydrogens (tertiary/aromatic N) is 2. The lowest BCUT2D eigenvalue weighted by atomic mass is 10.2. The quantitative estimate of drug-likeness (QED) is 0.472. The molecule has 1 aromatic heterocycles. The minimum atomic E-state index is -0.467. The minimum Gasteiger partial charge on any atom is -0.291 e. The van der Waals surface area contributed by atoms with Crippen LogP contribution in [0.15, 0.2) is 54.9 Å². The van der Waals surface area contributed by atoms with Gasteiger partial charge in [-0.05, 0) is 23.8 Å². The molecular formula is C13H10N2O3. The predicted molar refractivity (Wildman–Crippen MR) is 67.2 cm³/mol. The number of hydrogen-bond acceptors (Lipinski definition) is 3. The van der Waals surface area contributed by atoms with Crippen LogP contribution in [0.2, 0.25) is 0 Å². The van der Waals surface area contributed by atoms with E-state index >= 15 is 0 Å². The van der Waals surface area contributed by atoms with E-state index in [1.807, 2.05) is 0 Å². The molecule has 2 aromatic rings. The van der Waals surface area contributed by atoms with E-state index < -0.39 is 4.92 Å². The molecule has 1 heterocycles. The van der Waals surface area contributed by atoms with Crippen molar-refractivity contribution < 1.29 is 9.72 Å². The van der Waals surface area contributed by atoms with Crippen molar-refractivity contribution in [3.63, 3.8) is 0 Å². The molecule has 0 atom stereocenters. The molecular weight excluding hydrogens is 232 g/mol. The number of nitro benzene ring substituents is 1. The lowest BCUT2D eigenvalue weighted by Crippen LogP contribution is -2.03. The Labute approximate surface area is 103 Å². The highest BCUT2D eigenvalue weighted by Gasteiger charge is 2.04. The summed E-state index contributed by atoms with van der Waals surface area (Å²) in [7, 11) is 0. The third kappa shape index (κ3) is 2.70. The molecule has 0 aliphatic heterocycles. The van der Waals surface area contributed by atoms with Crippen LogP contribution in [0.3, 0.4) is 0 Å². The molecule has 0 radical (unpaired) electrons. The van der Waals surface area contributed by atoms with Crippen molar-refractivity contribution in [3.05, 3.63) is 70.5 Å². The number of carbonyl (C=O) groups excluding carboxylic acids is 1. The number of aromatic nitrogens is 1. The Morgan fingerprint density at radius 1 is 1.22 bits per heavy atom. The summed E-state index contributed by atoms with van der Waals surface area (Å²) in [5.74, 6) is -0.202.